The van der Waals surface area contributed by atoms with E-state index in [1.807, 2.05) is 24.3 Å². The van der Waals surface area contributed by atoms with Crippen LogP contribution in [0.3, 0.4) is 0 Å². The van der Waals surface area contributed by atoms with E-state index in [-0.39, 0.29) is 18.3 Å². The van der Waals surface area contributed by atoms with E-state index in [2.05, 4.69) is 12.1 Å². The van der Waals surface area contributed by atoms with Crippen LogP contribution in [0.5, 0.6) is 0 Å². The Morgan fingerprint density at radius 1 is 1.27 bits per heavy atom. The summed E-state index contributed by atoms with van der Waals surface area (Å²) < 4.78 is 5.04. The van der Waals surface area contributed by atoms with Crippen LogP contribution < -0.4 is 0 Å². The molecule has 5 nitrogen and oxygen atoms in total. The maximum atomic E-state index is 13.2. The summed E-state index contributed by atoms with van der Waals surface area (Å²) >= 11 is 0. The summed E-state index contributed by atoms with van der Waals surface area (Å²) in [5.74, 6) is -0.349. The van der Waals surface area contributed by atoms with Gasteiger partial charge >= 0.3 is 6.09 Å². The number of carbonyl (C=O) groups is 3. The molecule has 5 heteroatoms. The summed E-state index contributed by atoms with van der Waals surface area (Å²) in [7, 11) is 0. The van der Waals surface area contributed by atoms with Gasteiger partial charge in [0.25, 0.3) is 0 Å². The van der Waals surface area contributed by atoms with Gasteiger partial charge in [0.1, 0.15) is 6.29 Å². The molecule has 1 saturated heterocycles. The Hall–Kier alpha value is -2.69. The molecule has 1 heterocycles. The average molecular weight is 351 g/mol. The lowest BCUT2D eigenvalue weighted by Crippen LogP contribution is -2.65. The molecule has 0 bridgehead atoms. The van der Waals surface area contributed by atoms with E-state index in [1.165, 1.54) is 0 Å². The van der Waals surface area contributed by atoms with Gasteiger partial charge in [0, 0.05) is 19.5 Å². The smallest absolute Gasteiger partial charge is 0.409 e. The van der Waals surface area contributed by atoms with Crippen molar-refractivity contribution in [3.63, 3.8) is 0 Å². The molecule has 4 rings (SSSR count). The Kier molecular flexibility index (Phi) is 4.02. The van der Waals surface area contributed by atoms with Gasteiger partial charge in [-0.3, -0.25) is 4.79 Å². The number of Topliss-reactive ketones (excluding diaryl/α,β-unsaturated/α-hetero) is 1. The molecule has 1 unspecified atom stereocenters. The molecule has 1 spiro atoms. The third kappa shape index (κ3) is 2.50. The minimum Gasteiger partial charge on any atom is -0.450 e. The molecule has 26 heavy (non-hydrogen) atoms. The SMILES string of the molecule is CCOC(=O)N1CC2(Cc3cc4ccccc4cc3C(CC=O)C2=O)C1. The van der Waals surface area contributed by atoms with Crippen LogP contribution in [0.25, 0.3) is 10.8 Å². The second-order valence-corrected chi connectivity index (χ2v) is 7.23. The molecule has 2 aromatic carbocycles. The van der Waals surface area contributed by atoms with Gasteiger partial charge in [-0.15, -0.1) is 0 Å². The summed E-state index contributed by atoms with van der Waals surface area (Å²) in [6, 6.07) is 12.2. The molecule has 1 amide bonds. The van der Waals surface area contributed by atoms with Crippen molar-refractivity contribution in [2.45, 2.75) is 25.7 Å². The third-order valence-corrected chi connectivity index (χ3v) is 5.60. The number of rotatable bonds is 3. The Bertz CT molecular complexity index is 898. The van der Waals surface area contributed by atoms with Crippen LogP contribution in [0.15, 0.2) is 36.4 Å². The standard InChI is InChI=1S/C21H21NO4/c1-2-26-20(25)22-12-21(13-22)11-16-9-14-5-3-4-6-15(14)10-18(16)17(7-8-23)19(21)24/h3-6,8-10,17H,2,7,11-13H2,1H3. The molecular formula is C21H21NO4. The number of amides is 1. The predicted molar refractivity (Wildman–Crippen MR) is 97.1 cm³/mol. The number of hydrogen-bond donors (Lipinski definition) is 0. The van der Waals surface area contributed by atoms with E-state index in [4.69, 9.17) is 4.74 Å². The fraction of sp³-hybridized carbons (Fsp3) is 0.381. The van der Waals surface area contributed by atoms with Crippen molar-refractivity contribution in [3.8, 4) is 0 Å². The quantitative estimate of drug-likeness (QED) is 0.797. The Morgan fingerprint density at radius 2 is 1.96 bits per heavy atom. The van der Waals surface area contributed by atoms with E-state index in [0.717, 1.165) is 28.2 Å². The molecule has 0 saturated carbocycles. The van der Waals surface area contributed by atoms with E-state index in [1.54, 1.807) is 11.8 Å². The summed E-state index contributed by atoms with van der Waals surface area (Å²) in [6.45, 7) is 2.82. The first-order valence-corrected chi connectivity index (χ1v) is 8.99. The summed E-state index contributed by atoms with van der Waals surface area (Å²) in [5.41, 5.74) is 1.48. The minimum absolute atomic E-state index is 0.0768. The molecular weight excluding hydrogens is 330 g/mol. The molecule has 2 aromatic rings. The second kappa shape index (κ2) is 6.24. The first-order chi connectivity index (χ1) is 12.6. The highest BCUT2D eigenvalue weighted by Crippen LogP contribution is 2.47. The van der Waals surface area contributed by atoms with Crippen molar-refractivity contribution in [1.29, 1.82) is 0 Å². The second-order valence-electron chi connectivity index (χ2n) is 7.23. The molecule has 1 atom stereocenters. The van der Waals surface area contributed by atoms with Crippen molar-refractivity contribution in [2.75, 3.05) is 19.7 Å². The predicted octanol–water partition coefficient (Wildman–Crippen LogP) is 3.10. The fourth-order valence-corrected chi connectivity index (χ4v) is 4.37. The number of nitrogens with zero attached hydrogens (tertiary/aromatic N) is 1. The van der Waals surface area contributed by atoms with Gasteiger partial charge in [0.15, 0.2) is 5.78 Å². The van der Waals surface area contributed by atoms with Gasteiger partial charge in [0.2, 0.25) is 0 Å². The van der Waals surface area contributed by atoms with Gasteiger partial charge in [0.05, 0.1) is 17.9 Å². The Morgan fingerprint density at radius 3 is 2.62 bits per heavy atom. The van der Waals surface area contributed by atoms with Gasteiger partial charge in [-0.25, -0.2) is 4.79 Å². The monoisotopic (exact) mass is 351 g/mol. The summed E-state index contributed by atoms with van der Waals surface area (Å²) in [6.07, 6.45) is 1.24. The molecule has 2 aliphatic rings. The number of ketones is 1. The normalized spacial score (nSPS) is 20.6. The Labute approximate surface area is 151 Å². The molecule has 1 aliphatic heterocycles. The van der Waals surface area contributed by atoms with Gasteiger partial charge < -0.3 is 14.4 Å². The largest absolute Gasteiger partial charge is 0.450 e. The van der Waals surface area contributed by atoms with Crippen LogP contribution in [0, 0.1) is 5.41 Å². The highest BCUT2D eigenvalue weighted by Gasteiger charge is 2.55. The topological polar surface area (TPSA) is 63.7 Å². The van der Waals surface area contributed by atoms with Crippen molar-refractivity contribution in [1.82, 2.24) is 4.90 Å². The summed E-state index contributed by atoms with van der Waals surface area (Å²) in [4.78, 5) is 37.9. The zero-order valence-electron chi connectivity index (χ0n) is 14.7. The van der Waals surface area contributed by atoms with Crippen LogP contribution >= 0.6 is 0 Å². The number of aldehydes is 1. The highest BCUT2D eigenvalue weighted by atomic mass is 16.6. The molecule has 1 aliphatic carbocycles. The van der Waals surface area contributed by atoms with Crippen molar-refractivity contribution in [2.24, 2.45) is 5.41 Å². The van der Waals surface area contributed by atoms with Gasteiger partial charge in [-0.1, -0.05) is 36.4 Å². The molecule has 0 N–H and O–H groups in total. The maximum Gasteiger partial charge on any atom is 0.409 e. The number of benzene rings is 2. The van der Waals surface area contributed by atoms with Crippen molar-refractivity contribution in [3.05, 3.63) is 47.5 Å². The average Bonchev–Trinajstić information content (AvgIpc) is 2.61. The lowest BCUT2D eigenvalue weighted by molar-refractivity contribution is -0.141. The van der Waals surface area contributed by atoms with Crippen LogP contribution in [0.4, 0.5) is 4.79 Å². The van der Waals surface area contributed by atoms with E-state index < -0.39 is 11.3 Å². The molecule has 0 radical (unpaired) electrons. The van der Waals surface area contributed by atoms with E-state index >= 15 is 0 Å². The van der Waals surface area contributed by atoms with Gasteiger partial charge in [-0.05, 0) is 35.2 Å². The maximum absolute atomic E-state index is 13.2. The number of carbonyl (C=O) groups excluding carboxylic acids is 3. The van der Waals surface area contributed by atoms with E-state index in [9.17, 15) is 14.4 Å². The van der Waals surface area contributed by atoms with Crippen molar-refractivity contribution < 1.29 is 19.1 Å². The zero-order chi connectivity index (χ0) is 18.3. The molecule has 1 fully saturated rings. The van der Waals surface area contributed by atoms with Crippen LogP contribution in [-0.4, -0.2) is 42.8 Å². The molecule has 134 valence electrons. The summed E-state index contributed by atoms with van der Waals surface area (Å²) in [5, 5.41) is 2.20. The third-order valence-electron chi connectivity index (χ3n) is 5.60. The minimum atomic E-state index is -0.587. The highest BCUT2D eigenvalue weighted by molar-refractivity contribution is 5.98. The van der Waals surface area contributed by atoms with Crippen LogP contribution in [0.2, 0.25) is 0 Å². The van der Waals surface area contributed by atoms with Crippen molar-refractivity contribution >= 4 is 28.9 Å². The lowest BCUT2D eigenvalue weighted by atomic mass is 9.61. The van der Waals surface area contributed by atoms with Crippen LogP contribution in [0.1, 0.15) is 30.4 Å². The van der Waals surface area contributed by atoms with E-state index in [0.29, 0.717) is 26.1 Å². The van der Waals surface area contributed by atoms with Gasteiger partial charge in [-0.2, -0.15) is 0 Å². The first-order valence-electron chi connectivity index (χ1n) is 8.99. The number of ether oxygens (including phenoxy) is 1. The fourth-order valence-electron chi connectivity index (χ4n) is 4.37. The first kappa shape index (κ1) is 16.8. The number of hydrogen-bond acceptors (Lipinski definition) is 4. The molecule has 0 aromatic heterocycles. The number of fused-ring (bicyclic) bond motifs is 2. The number of likely N-dealkylation sites (tertiary alicyclic amines) is 1. The van der Waals surface area contributed by atoms with Crippen LogP contribution in [-0.2, 0) is 20.7 Å². The lowest BCUT2D eigenvalue weighted by Gasteiger charge is -2.52. The zero-order valence-corrected chi connectivity index (χ0v) is 14.7. The Balaban J connectivity index is 1.71.